The standard InChI is InChI=1S/C12H14FN/c1-3-4-9-14-10(2)11-5-7-12(13)8-6-11/h5-8,10,14H,9H2,1-2H3/t10-/m0/s1. The second kappa shape index (κ2) is 5.41. The van der Waals surface area contributed by atoms with Crippen LogP contribution in [0.1, 0.15) is 25.5 Å². The van der Waals surface area contributed by atoms with E-state index in [1.54, 1.807) is 12.1 Å². The van der Waals surface area contributed by atoms with E-state index in [-0.39, 0.29) is 11.9 Å². The highest BCUT2D eigenvalue weighted by Crippen LogP contribution is 2.11. The SMILES string of the molecule is CC#CCN[C@@H](C)c1ccc(F)cc1. The van der Waals surface area contributed by atoms with Gasteiger partial charge in [-0.25, -0.2) is 4.39 Å². The molecular weight excluding hydrogens is 177 g/mol. The van der Waals surface area contributed by atoms with Gasteiger partial charge in [0.2, 0.25) is 0 Å². The number of nitrogens with one attached hydrogen (secondary N) is 1. The monoisotopic (exact) mass is 191 g/mol. The van der Waals surface area contributed by atoms with E-state index in [4.69, 9.17) is 0 Å². The van der Waals surface area contributed by atoms with Gasteiger partial charge in [-0.3, -0.25) is 5.32 Å². The summed E-state index contributed by atoms with van der Waals surface area (Å²) in [6.45, 7) is 4.50. The Hall–Kier alpha value is -1.33. The summed E-state index contributed by atoms with van der Waals surface area (Å²) in [7, 11) is 0. The van der Waals surface area contributed by atoms with Crippen molar-refractivity contribution in [2.45, 2.75) is 19.9 Å². The Morgan fingerprint density at radius 3 is 2.57 bits per heavy atom. The molecule has 0 spiro atoms. The summed E-state index contributed by atoms with van der Waals surface area (Å²) in [6.07, 6.45) is 0. The van der Waals surface area contributed by atoms with Crippen molar-refractivity contribution in [2.24, 2.45) is 0 Å². The maximum absolute atomic E-state index is 12.6. The highest BCUT2D eigenvalue weighted by Gasteiger charge is 2.02. The maximum atomic E-state index is 12.6. The maximum Gasteiger partial charge on any atom is 0.123 e. The van der Waals surface area contributed by atoms with Crippen LogP contribution in [0.4, 0.5) is 4.39 Å². The molecule has 2 heteroatoms. The smallest absolute Gasteiger partial charge is 0.123 e. The molecule has 0 unspecified atom stereocenters. The molecular formula is C12H14FN. The van der Waals surface area contributed by atoms with E-state index in [9.17, 15) is 4.39 Å². The molecule has 0 heterocycles. The van der Waals surface area contributed by atoms with Crippen molar-refractivity contribution < 1.29 is 4.39 Å². The highest BCUT2D eigenvalue weighted by molar-refractivity contribution is 5.19. The zero-order valence-electron chi connectivity index (χ0n) is 8.47. The largest absolute Gasteiger partial charge is 0.300 e. The third kappa shape index (κ3) is 3.20. The number of hydrogen-bond acceptors (Lipinski definition) is 1. The molecule has 1 atom stereocenters. The van der Waals surface area contributed by atoms with Gasteiger partial charge in [0.25, 0.3) is 0 Å². The lowest BCUT2D eigenvalue weighted by Gasteiger charge is -2.11. The topological polar surface area (TPSA) is 12.0 Å². The summed E-state index contributed by atoms with van der Waals surface area (Å²) in [6, 6.07) is 6.72. The van der Waals surface area contributed by atoms with E-state index in [2.05, 4.69) is 17.2 Å². The van der Waals surface area contributed by atoms with Gasteiger partial charge in [-0.1, -0.05) is 18.1 Å². The van der Waals surface area contributed by atoms with Gasteiger partial charge in [0.15, 0.2) is 0 Å². The van der Waals surface area contributed by atoms with Gasteiger partial charge in [0, 0.05) is 6.04 Å². The van der Waals surface area contributed by atoms with Crippen LogP contribution in [0.25, 0.3) is 0 Å². The molecule has 0 fully saturated rings. The summed E-state index contributed by atoms with van der Waals surface area (Å²) in [5.41, 5.74) is 1.07. The average Bonchev–Trinajstić information content (AvgIpc) is 2.19. The molecule has 1 nitrogen and oxygen atoms in total. The Morgan fingerprint density at radius 2 is 2.00 bits per heavy atom. The fraction of sp³-hybridized carbons (Fsp3) is 0.333. The molecule has 0 aliphatic carbocycles. The first kappa shape index (κ1) is 10.7. The second-order valence-corrected chi connectivity index (χ2v) is 3.08. The van der Waals surface area contributed by atoms with Gasteiger partial charge in [0.1, 0.15) is 5.82 Å². The molecule has 1 aromatic rings. The normalized spacial score (nSPS) is 11.6. The van der Waals surface area contributed by atoms with Crippen LogP contribution >= 0.6 is 0 Å². The Morgan fingerprint density at radius 1 is 1.36 bits per heavy atom. The Bertz CT molecular complexity index is 332. The summed E-state index contributed by atoms with van der Waals surface area (Å²) < 4.78 is 12.6. The molecule has 1 rings (SSSR count). The van der Waals surface area contributed by atoms with E-state index in [1.165, 1.54) is 12.1 Å². The molecule has 1 aromatic carbocycles. The number of benzene rings is 1. The van der Waals surface area contributed by atoms with Crippen LogP contribution in [0.15, 0.2) is 24.3 Å². The van der Waals surface area contributed by atoms with Crippen LogP contribution in [0.2, 0.25) is 0 Å². The molecule has 0 aliphatic heterocycles. The van der Waals surface area contributed by atoms with E-state index in [1.807, 2.05) is 13.8 Å². The van der Waals surface area contributed by atoms with Crippen LogP contribution in [0.5, 0.6) is 0 Å². The number of hydrogen-bond donors (Lipinski definition) is 1. The second-order valence-electron chi connectivity index (χ2n) is 3.08. The Labute approximate surface area is 84.3 Å². The van der Waals surface area contributed by atoms with Crippen molar-refractivity contribution in [1.82, 2.24) is 5.32 Å². The van der Waals surface area contributed by atoms with Crippen LogP contribution in [0.3, 0.4) is 0 Å². The molecule has 0 saturated carbocycles. The molecule has 14 heavy (non-hydrogen) atoms. The molecule has 1 N–H and O–H groups in total. The lowest BCUT2D eigenvalue weighted by molar-refractivity contribution is 0.609. The minimum absolute atomic E-state index is 0.200. The van der Waals surface area contributed by atoms with Gasteiger partial charge in [-0.2, -0.15) is 0 Å². The van der Waals surface area contributed by atoms with E-state index in [0.29, 0.717) is 6.54 Å². The van der Waals surface area contributed by atoms with Crippen molar-refractivity contribution in [1.29, 1.82) is 0 Å². The third-order valence-corrected chi connectivity index (χ3v) is 2.04. The van der Waals surface area contributed by atoms with Gasteiger partial charge >= 0.3 is 0 Å². The van der Waals surface area contributed by atoms with Crippen molar-refractivity contribution in [3.63, 3.8) is 0 Å². The van der Waals surface area contributed by atoms with Crippen molar-refractivity contribution in [3.8, 4) is 11.8 Å². The molecule has 0 amide bonds. The first-order valence-corrected chi connectivity index (χ1v) is 4.62. The predicted octanol–water partition coefficient (Wildman–Crippen LogP) is 2.50. The van der Waals surface area contributed by atoms with Crippen LogP contribution in [-0.2, 0) is 0 Å². The zero-order valence-corrected chi connectivity index (χ0v) is 8.47. The molecule has 0 aromatic heterocycles. The minimum Gasteiger partial charge on any atom is -0.300 e. The van der Waals surface area contributed by atoms with Crippen LogP contribution < -0.4 is 5.32 Å². The van der Waals surface area contributed by atoms with Crippen LogP contribution in [0, 0.1) is 17.7 Å². The fourth-order valence-corrected chi connectivity index (χ4v) is 1.16. The number of halogens is 1. The van der Waals surface area contributed by atoms with Crippen LogP contribution in [-0.4, -0.2) is 6.54 Å². The van der Waals surface area contributed by atoms with Crippen molar-refractivity contribution in [3.05, 3.63) is 35.6 Å². The summed E-state index contributed by atoms with van der Waals surface area (Å²) >= 11 is 0. The summed E-state index contributed by atoms with van der Waals surface area (Å²) in [5.74, 6) is 5.54. The molecule has 0 aliphatic rings. The molecule has 0 bridgehead atoms. The van der Waals surface area contributed by atoms with E-state index < -0.39 is 0 Å². The minimum atomic E-state index is -0.200. The fourth-order valence-electron chi connectivity index (χ4n) is 1.16. The van der Waals surface area contributed by atoms with Gasteiger partial charge in [0.05, 0.1) is 6.54 Å². The number of rotatable bonds is 3. The van der Waals surface area contributed by atoms with Gasteiger partial charge < -0.3 is 0 Å². The Balaban J connectivity index is 2.54. The quantitative estimate of drug-likeness (QED) is 0.724. The Kier molecular flexibility index (Phi) is 4.15. The zero-order chi connectivity index (χ0) is 10.4. The molecule has 0 saturated heterocycles. The molecule has 0 radical (unpaired) electrons. The predicted molar refractivity (Wildman–Crippen MR) is 56.3 cm³/mol. The first-order valence-electron chi connectivity index (χ1n) is 4.62. The third-order valence-electron chi connectivity index (χ3n) is 2.04. The van der Waals surface area contributed by atoms with E-state index >= 15 is 0 Å². The molecule has 74 valence electrons. The van der Waals surface area contributed by atoms with Crippen molar-refractivity contribution >= 4 is 0 Å². The van der Waals surface area contributed by atoms with Gasteiger partial charge in [-0.05, 0) is 31.5 Å². The summed E-state index contributed by atoms with van der Waals surface area (Å²) in [4.78, 5) is 0. The van der Waals surface area contributed by atoms with Gasteiger partial charge in [-0.15, -0.1) is 5.92 Å². The average molecular weight is 191 g/mol. The van der Waals surface area contributed by atoms with Crippen molar-refractivity contribution in [2.75, 3.05) is 6.54 Å². The lowest BCUT2D eigenvalue weighted by Crippen LogP contribution is -2.18. The highest BCUT2D eigenvalue weighted by atomic mass is 19.1. The first-order chi connectivity index (χ1) is 6.74. The van der Waals surface area contributed by atoms with E-state index in [0.717, 1.165) is 5.56 Å². The summed E-state index contributed by atoms with van der Waals surface area (Å²) in [5, 5.41) is 3.22. The lowest BCUT2D eigenvalue weighted by atomic mass is 10.1.